The Bertz CT molecular complexity index is 5740. The Kier molecular flexibility index (Phi) is 13.8. The maximum Gasteiger partial charge on any atom is 0.160 e. The second-order valence-corrected chi connectivity index (χ2v) is 26.9. The van der Waals surface area contributed by atoms with Crippen molar-refractivity contribution >= 4 is 10.9 Å². The Hall–Kier alpha value is -12.4. The molecule has 0 atom stereocenters. The maximum absolute atomic E-state index is 5.84. The fourth-order valence-electron chi connectivity index (χ4n) is 15.5. The van der Waals surface area contributed by atoms with Crippen LogP contribution in [0, 0.1) is 0 Å². The van der Waals surface area contributed by atoms with Crippen molar-refractivity contribution in [2.24, 2.45) is 0 Å². The molecule has 0 bridgehead atoms. The van der Waals surface area contributed by atoms with Crippen LogP contribution in [-0.2, 0) is 10.8 Å². The molecule has 0 saturated heterocycles. The topological polar surface area (TPSA) is 61.4 Å². The molecule has 6 nitrogen and oxygen atoms in total. The van der Waals surface area contributed by atoms with Crippen molar-refractivity contribution in [3.05, 3.63) is 350 Å². The highest BCUT2D eigenvalue weighted by atomic mass is 15.1. The average Bonchev–Trinajstić information content (AvgIpc) is 1.47. The zero-order valence-electron chi connectivity index (χ0n) is 54.9. The molecule has 0 radical (unpaired) electrons. The van der Waals surface area contributed by atoms with Gasteiger partial charge in [-0.2, -0.15) is 0 Å². The summed E-state index contributed by atoms with van der Waals surface area (Å²) in [5.74, 6) is 2.31. The first-order valence-corrected chi connectivity index (χ1v) is 33.8. The van der Waals surface area contributed by atoms with Gasteiger partial charge in [0.2, 0.25) is 0 Å². The second kappa shape index (κ2) is 23.2. The number of imidazole rings is 2. The molecule has 13 aromatic carbocycles. The summed E-state index contributed by atoms with van der Waals surface area (Å²) in [4.78, 5) is 22.7. The molecule has 464 valence electrons. The van der Waals surface area contributed by atoms with E-state index in [1.165, 1.54) is 44.5 Å². The molecule has 6 heteroatoms. The van der Waals surface area contributed by atoms with Crippen LogP contribution in [0.4, 0.5) is 0 Å². The van der Waals surface area contributed by atoms with Crippen LogP contribution in [-0.4, -0.2) is 29.1 Å². The van der Waals surface area contributed by atoms with Crippen LogP contribution in [0.3, 0.4) is 0 Å². The molecule has 98 heavy (non-hydrogen) atoms. The fourth-order valence-corrected chi connectivity index (χ4v) is 15.5. The zero-order chi connectivity index (χ0) is 65.6. The summed E-state index contributed by atoms with van der Waals surface area (Å²) >= 11 is 0. The third-order valence-corrected chi connectivity index (χ3v) is 20.4. The fraction of sp³-hybridized carbons (Fsp3) is 0.0652. The van der Waals surface area contributed by atoms with Crippen molar-refractivity contribution in [1.82, 2.24) is 29.1 Å². The number of nitrogens with zero attached hydrogens (tertiary/aromatic N) is 6. The van der Waals surface area contributed by atoms with E-state index in [1.54, 1.807) is 0 Å². The first-order chi connectivity index (χ1) is 48.1. The van der Waals surface area contributed by atoms with Crippen molar-refractivity contribution in [2.45, 2.75) is 38.5 Å². The summed E-state index contributed by atoms with van der Waals surface area (Å²) in [6.45, 7) is 9.45. The summed E-state index contributed by atoms with van der Waals surface area (Å²) in [6, 6.07) is 118. The molecule has 0 fully saturated rings. The highest BCUT2D eigenvalue weighted by molar-refractivity contribution is 6.05. The summed E-state index contributed by atoms with van der Waals surface area (Å²) in [5.41, 5.74) is 29.9. The molecular formula is C92H66N6. The van der Waals surface area contributed by atoms with E-state index in [2.05, 4.69) is 364 Å². The van der Waals surface area contributed by atoms with Crippen LogP contribution in [0.1, 0.15) is 49.9 Å². The maximum atomic E-state index is 5.84. The predicted octanol–water partition coefficient (Wildman–Crippen LogP) is 23.3. The van der Waals surface area contributed by atoms with Crippen LogP contribution in [0.2, 0.25) is 0 Å². The van der Waals surface area contributed by atoms with E-state index in [0.29, 0.717) is 5.82 Å². The van der Waals surface area contributed by atoms with Crippen molar-refractivity contribution in [3.63, 3.8) is 0 Å². The summed E-state index contributed by atoms with van der Waals surface area (Å²) in [6.07, 6.45) is 0. The first kappa shape index (κ1) is 58.2. The molecule has 3 heterocycles. The van der Waals surface area contributed by atoms with E-state index < -0.39 is 0 Å². The summed E-state index contributed by atoms with van der Waals surface area (Å²) in [7, 11) is 0. The largest absolute Gasteiger partial charge is 0.292 e. The molecular weight excluding hydrogens is 1190 g/mol. The number of hydrogen-bond donors (Lipinski definition) is 0. The normalized spacial score (nSPS) is 13.1. The van der Waals surface area contributed by atoms with Gasteiger partial charge in [0.15, 0.2) is 5.82 Å². The molecule has 0 N–H and O–H groups in total. The molecule has 2 aliphatic rings. The van der Waals surface area contributed by atoms with Crippen LogP contribution in [0.25, 0.3) is 157 Å². The third-order valence-electron chi connectivity index (χ3n) is 20.4. The summed E-state index contributed by atoms with van der Waals surface area (Å²) in [5, 5.41) is 0.951. The van der Waals surface area contributed by atoms with E-state index in [4.69, 9.17) is 19.9 Å². The Morgan fingerprint density at radius 1 is 0.235 bits per heavy atom. The molecule has 0 aliphatic heterocycles. The number of fused-ring (bicyclic) bond motifs is 7. The molecule has 0 amide bonds. The molecule has 3 aromatic heterocycles. The lowest BCUT2D eigenvalue weighted by Gasteiger charge is -2.23. The van der Waals surface area contributed by atoms with Gasteiger partial charge in [-0.3, -0.25) is 9.13 Å². The Balaban J connectivity index is 0.875. The van der Waals surface area contributed by atoms with Gasteiger partial charge in [0.25, 0.3) is 0 Å². The lowest BCUT2D eigenvalue weighted by molar-refractivity contribution is 0.660. The lowest BCUT2D eigenvalue weighted by atomic mass is 9.81. The van der Waals surface area contributed by atoms with Crippen molar-refractivity contribution in [2.75, 3.05) is 0 Å². The smallest absolute Gasteiger partial charge is 0.160 e. The van der Waals surface area contributed by atoms with Crippen LogP contribution < -0.4 is 0 Å². The zero-order valence-corrected chi connectivity index (χ0v) is 54.9. The predicted molar refractivity (Wildman–Crippen MR) is 403 cm³/mol. The summed E-state index contributed by atoms with van der Waals surface area (Å²) < 4.78 is 4.64. The number of rotatable bonds is 12. The number of benzene rings is 13. The minimum atomic E-state index is -0.236. The molecule has 0 unspecified atom stereocenters. The number of aromatic nitrogens is 6. The SMILES string of the molecule is CC1(C)c2ccccc2-c2ccc(-c3cc(-c4ccc5c(c4)C(C)(C)c4ccccc4-5)c4nc(-c5ccc(-n6c(-c7ccccc7)nc(-c7ccccc7)c6-c6ccccc6)cc5)nc(-c5ccc(-n6c(-c7ccccc7)nc(-c7ccccc7)c6-c6ccccc6)cc5)c4c3)cc21. The number of hydrogen-bond acceptors (Lipinski definition) is 4. The Morgan fingerprint density at radius 2 is 0.592 bits per heavy atom. The van der Waals surface area contributed by atoms with Gasteiger partial charge in [-0.25, -0.2) is 19.9 Å². The standard InChI is InChI=1S/C92H66N6/c1-91(2)78-41-25-23-39-72(78)74-53-47-67(57-80(74)91)69-55-76(68-48-54-75-73-40-24-26-42-79(73)92(3,4)81(75)58-68)85-77(56-69)82(61-43-49-70(50-44-61)97-86(62-31-15-7-16-32-62)83(59-27-11-5-12-28-59)95-89(97)65-35-19-9-20-36-65)93-88(94-85)64-45-51-71(52-46-64)98-87(63-33-17-8-18-34-63)84(60-29-13-6-14-30-60)96-90(98)66-37-21-10-22-38-66/h5-58H,1-4H3. The van der Waals surface area contributed by atoms with E-state index in [1.807, 2.05) is 0 Å². The molecule has 2 aliphatic carbocycles. The van der Waals surface area contributed by atoms with E-state index in [0.717, 1.165) is 129 Å². The van der Waals surface area contributed by atoms with Gasteiger partial charge in [0.05, 0.1) is 34.0 Å². The molecule has 0 spiro atoms. The minimum Gasteiger partial charge on any atom is -0.292 e. The van der Waals surface area contributed by atoms with Gasteiger partial charge in [0.1, 0.15) is 11.6 Å². The molecule has 18 rings (SSSR count). The van der Waals surface area contributed by atoms with Gasteiger partial charge in [0, 0.05) is 77.7 Å². The van der Waals surface area contributed by atoms with E-state index in [9.17, 15) is 0 Å². The monoisotopic (exact) mass is 1250 g/mol. The van der Waals surface area contributed by atoms with Crippen molar-refractivity contribution in [1.29, 1.82) is 0 Å². The van der Waals surface area contributed by atoms with Gasteiger partial charge in [-0.05, 0) is 122 Å². The quantitative estimate of drug-likeness (QED) is 0.122. The van der Waals surface area contributed by atoms with Crippen molar-refractivity contribution in [3.8, 4) is 146 Å². The average molecular weight is 1260 g/mol. The minimum absolute atomic E-state index is 0.200. The Morgan fingerprint density at radius 3 is 1.05 bits per heavy atom. The van der Waals surface area contributed by atoms with Crippen LogP contribution >= 0.6 is 0 Å². The van der Waals surface area contributed by atoms with Crippen molar-refractivity contribution < 1.29 is 0 Å². The molecule has 0 saturated carbocycles. The molecule has 16 aromatic rings. The van der Waals surface area contributed by atoms with Crippen LogP contribution in [0.15, 0.2) is 328 Å². The van der Waals surface area contributed by atoms with Gasteiger partial charge >= 0.3 is 0 Å². The lowest BCUT2D eigenvalue weighted by Crippen LogP contribution is -2.15. The third kappa shape index (κ3) is 9.62. The second-order valence-electron chi connectivity index (χ2n) is 26.9. The van der Waals surface area contributed by atoms with Gasteiger partial charge in [-0.1, -0.05) is 295 Å². The highest BCUT2D eigenvalue weighted by Crippen LogP contribution is 2.53. The van der Waals surface area contributed by atoms with Gasteiger partial charge in [-0.15, -0.1) is 0 Å². The van der Waals surface area contributed by atoms with Crippen LogP contribution in [0.5, 0.6) is 0 Å². The highest BCUT2D eigenvalue weighted by Gasteiger charge is 2.37. The van der Waals surface area contributed by atoms with E-state index in [-0.39, 0.29) is 10.8 Å². The first-order valence-electron chi connectivity index (χ1n) is 33.8. The van der Waals surface area contributed by atoms with E-state index >= 15 is 0 Å². The van der Waals surface area contributed by atoms with Gasteiger partial charge < -0.3 is 0 Å². The Labute approximate surface area is 571 Å².